The average Bonchev–Trinajstić information content (AvgIpc) is 2.57. The molecule has 3 atom stereocenters. The fraction of sp³-hybridized carbons (Fsp3) is 0.571. The molecule has 1 aromatic carbocycles. The molecule has 0 radical (unpaired) electrons. The fourth-order valence-electron chi connectivity index (χ4n) is 3.70. The third-order valence-electron chi connectivity index (χ3n) is 5.00. The Morgan fingerprint density at radius 1 is 1.28 bits per heavy atom. The van der Waals surface area contributed by atoms with Gasteiger partial charge in [0.2, 0.25) is 0 Å². The lowest BCUT2D eigenvalue weighted by Crippen LogP contribution is -2.37. The van der Waals surface area contributed by atoms with Gasteiger partial charge in [-0.3, -0.25) is 4.79 Å². The van der Waals surface area contributed by atoms with Gasteiger partial charge in [0.15, 0.2) is 0 Å². The van der Waals surface area contributed by atoms with Crippen LogP contribution in [0.25, 0.3) is 0 Å². The van der Waals surface area contributed by atoms with Crippen molar-refractivity contribution >= 4 is 5.97 Å². The third-order valence-corrected chi connectivity index (χ3v) is 5.00. The molecule has 0 aliphatic heterocycles. The van der Waals surface area contributed by atoms with Crippen LogP contribution in [0.15, 0.2) is 42.5 Å². The largest absolute Gasteiger partial charge is 0.481 e. The van der Waals surface area contributed by atoms with Gasteiger partial charge in [-0.25, -0.2) is 0 Å². The number of allylic oxidation sites excluding steroid dienone is 1. The van der Waals surface area contributed by atoms with Gasteiger partial charge in [-0.1, -0.05) is 48.9 Å². The van der Waals surface area contributed by atoms with Crippen LogP contribution in [0.5, 0.6) is 0 Å². The minimum absolute atomic E-state index is 0.150. The van der Waals surface area contributed by atoms with Crippen LogP contribution in [0, 0.1) is 5.92 Å². The molecule has 138 valence electrons. The molecule has 4 heteroatoms. The molecule has 1 fully saturated rings. The van der Waals surface area contributed by atoms with Crippen molar-refractivity contribution in [1.29, 1.82) is 0 Å². The lowest BCUT2D eigenvalue weighted by Gasteiger charge is -2.34. The van der Waals surface area contributed by atoms with E-state index in [1.807, 2.05) is 30.4 Å². The van der Waals surface area contributed by atoms with Gasteiger partial charge in [0.05, 0.1) is 18.1 Å². The number of rotatable bonds is 9. The maximum absolute atomic E-state index is 10.9. The topological polar surface area (TPSA) is 77.8 Å². The second-order valence-electron chi connectivity index (χ2n) is 7.33. The Balaban J connectivity index is 1.68. The third kappa shape index (κ3) is 7.41. The number of aliphatic hydroxyl groups excluding tert-OH is 1. The molecule has 0 amide bonds. The van der Waals surface area contributed by atoms with Crippen LogP contribution in [-0.2, 0) is 11.2 Å². The number of aliphatic carboxylic acids is 1. The highest BCUT2D eigenvalue weighted by Crippen LogP contribution is 2.35. The average molecular weight is 346 g/mol. The molecule has 0 saturated heterocycles. The number of hydrogen-bond acceptors (Lipinski definition) is 3. The Hall–Kier alpha value is -1.65. The zero-order valence-corrected chi connectivity index (χ0v) is 14.8. The van der Waals surface area contributed by atoms with Crippen molar-refractivity contribution in [3.63, 3.8) is 0 Å². The number of carboxylic acid groups (broad SMARTS) is 1. The number of unbranched alkanes of at least 4 members (excludes halogenated alkanes) is 1. The second kappa shape index (κ2) is 9.73. The Kier molecular flexibility index (Phi) is 7.66. The van der Waals surface area contributed by atoms with Crippen LogP contribution in [0.4, 0.5) is 0 Å². The summed E-state index contributed by atoms with van der Waals surface area (Å²) in [4.78, 5) is 10.9. The van der Waals surface area contributed by atoms with E-state index in [4.69, 9.17) is 5.11 Å². The summed E-state index contributed by atoms with van der Waals surface area (Å²) in [7, 11) is 0. The van der Waals surface area contributed by atoms with Gasteiger partial charge in [-0.15, -0.1) is 0 Å². The molecule has 0 aromatic heterocycles. The maximum atomic E-state index is 10.9. The monoisotopic (exact) mass is 346 g/mol. The molecule has 1 unspecified atom stereocenters. The maximum Gasteiger partial charge on any atom is 0.306 e. The van der Waals surface area contributed by atoms with Crippen molar-refractivity contribution in [3.8, 4) is 0 Å². The van der Waals surface area contributed by atoms with Gasteiger partial charge in [0, 0.05) is 0 Å². The zero-order valence-electron chi connectivity index (χ0n) is 14.8. The summed E-state index contributed by atoms with van der Waals surface area (Å²) in [6, 6.07) is 10.3. The van der Waals surface area contributed by atoms with Crippen molar-refractivity contribution in [1.82, 2.24) is 0 Å². The van der Waals surface area contributed by atoms with Crippen molar-refractivity contribution in [3.05, 3.63) is 48.0 Å². The quantitative estimate of drug-likeness (QED) is 0.470. The van der Waals surface area contributed by atoms with E-state index in [9.17, 15) is 15.0 Å². The van der Waals surface area contributed by atoms with Crippen LogP contribution in [0.2, 0.25) is 0 Å². The molecular formula is C21H30O4. The van der Waals surface area contributed by atoms with Crippen LogP contribution in [-0.4, -0.2) is 33.0 Å². The predicted octanol–water partition coefficient (Wildman–Crippen LogP) is 3.71. The second-order valence-corrected chi connectivity index (χ2v) is 7.33. The molecule has 0 heterocycles. The zero-order chi connectivity index (χ0) is 18.1. The molecule has 4 nitrogen and oxygen atoms in total. The van der Waals surface area contributed by atoms with Crippen LogP contribution >= 0.6 is 0 Å². The fourth-order valence-corrected chi connectivity index (χ4v) is 3.70. The van der Waals surface area contributed by atoms with Gasteiger partial charge in [0.25, 0.3) is 0 Å². The van der Waals surface area contributed by atoms with Crippen molar-refractivity contribution in [2.45, 2.75) is 69.5 Å². The first kappa shape index (κ1) is 19.7. The normalized spacial score (nSPS) is 25.1. The lowest BCUT2D eigenvalue weighted by molar-refractivity contribution is -0.144. The van der Waals surface area contributed by atoms with E-state index in [1.165, 1.54) is 5.56 Å². The number of carbonyl (C=O) groups is 1. The highest BCUT2D eigenvalue weighted by Gasteiger charge is 2.35. The summed E-state index contributed by atoms with van der Waals surface area (Å²) in [6.45, 7) is 0. The van der Waals surface area contributed by atoms with Gasteiger partial charge in [0.1, 0.15) is 0 Å². The van der Waals surface area contributed by atoms with E-state index in [-0.39, 0.29) is 12.3 Å². The molecule has 25 heavy (non-hydrogen) atoms. The number of aryl methyl sites for hydroxylation is 1. The van der Waals surface area contributed by atoms with E-state index < -0.39 is 17.7 Å². The number of carboxylic acids is 1. The standard InChI is InChI=1S/C21H30O4/c22-19(11-5-4-9-17-7-2-1-3-8-17)13-12-18-10-6-14-21(25,15-18)16-20(23)24/h1-3,7-8,12-13,18-19,22,25H,4-6,9-11,14-16H2,(H,23,24)/t18-,19?,21-/m0/s1. The molecule has 2 rings (SSSR count). The minimum atomic E-state index is -1.10. The molecule has 1 aliphatic carbocycles. The van der Waals surface area contributed by atoms with E-state index in [1.54, 1.807) is 0 Å². The van der Waals surface area contributed by atoms with Gasteiger partial charge >= 0.3 is 5.97 Å². The van der Waals surface area contributed by atoms with Crippen molar-refractivity contribution in [2.24, 2.45) is 5.92 Å². The smallest absolute Gasteiger partial charge is 0.306 e. The first-order valence-corrected chi connectivity index (χ1v) is 9.31. The van der Waals surface area contributed by atoms with Crippen LogP contribution < -0.4 is 0 Å². The first-order valence-electron chi connectivity index (χ1n) is 9.31. The highest BCUT2D eigenvalue weighted by molar-refractivity contribution is 5.68. The predicted molar refractivity (Wildman–Crippen MR) is 98.3 cm³/mol. The Labute approximate surface area is 150 Å². The number of aliphatic hydroxyl groups is 2. The molecule has 3 N–H and O–H groups in total. The van der Waals surface area contributed by atoms with Gasteiger partial charge in [-0.2, -0.15) is 0 Å². The molecule has 1 aliphatic rings. The summed E-state index contributed by atoms with van der Waals surface area (Å²) in [6.07, 6.45) is 9.69. The molecule has 0 spiro atoms. The number of benzene rings is 1. The number of hydrogen-bond donors (Lipinski definition) is 3. The molecule has 0 bridgehead atoms. The minimum Gasteiger partial charge on any atom is -0.481 e. The summed E-state index contributed by atoms with van der Waals surface area (Å²) < 4.78 is 0. The SMILES string of the molecule is O=C(O)C[C@]1(O)CCC[C@@H](C=CC(O)CCCCc2ccccc2)C1. The van der Waals surface area contributed by atoms with E-state index in [0.29, 0.717) is 12.8 Å². The van der Waals surface area contributed by atoms with Crippen molar-refractivity contribution in [2.75, 3.05) is 0 Å². The molecule has 1 aromatic rings. The van der Waals surface area contributed by atoms with Crippen molar-refractivity contribution < 1.29 is 20.1 Å². The summed E-state index contributed by atoms with van der Waals surface area (Å²) >= 11 is 0. The van der Waals surface area contributed by atoms with Gasteiger partial charge in [-0.05, 0) is 56.4 Å². The van der Waals surface area contributed by atoms with E-state index in [0.717, 1.165) is 38.5 Å². The summed E-state index contributed by atoms with van der Waals surface area (Å²) in [5.41, 5.74) is 0.229. The van der Waals surface area contributed by atoms with E-state index >= 15 is 0 Å². The molecular weight excluding hydrogens is 316 g/mol. The summed E-state index contributed by atoms with van der Waals surface area (Å²) in [5, 5.41) is 29.4. The lowest BCUT2D eigenvalue weighted by atomic mass is 9.76. The van der Waals surface area contributed by atoms with Crippen LogP contribution in [0.3, 0.4) is 0 Å². The summed E-state index contributed by atoms with van der Waals surface area (Å²) in [5.74, 6) is -0.803. The van der Waals surface area contributed by atoms with Crippen LogP contribution in [0.1, 0.15) is 56.9 Å². The first-order chi connectivity index (χ1) is 12.0. The Morgan fingerprint density at radius 3 is 2.76 bits per heavy atom. The van der Waals surface area contributed by atoms with E-state index in [2.05, 4.69) is 12.1 Å². The molecule has 1 saturated carbocycles. The van der Waals surface area contributed by atoms with Gasteiger partial charge < -0.3 is 15.3 Å². The highest BCUT2D eigenvalue weighted by atomic mass is 16.4. The Morgan fingerprint density at radius 2 is 2.04 bits per heavy atom. The Bertz CT molecular complexity index is 554.